The Labute approximate surface area is 130 Å². The van der Waals surface area contributed by atoms with Gasteiger partial charge < -0.3 is 20.3 Å². The number of nitrogens with zero attached hydrogens (tertiary/aromatic N) is 2. The normalized spacial score (nSPS) is 17.5. The van der Waals surface area contributed by atoms with Gasteiger partial charge in [0.25, 0.3) is 0 Å². The first-order valence-corrected chi connectivity index (χ1v) is 7.82. The molecule has 0 atom stereocenters. The summed E-state index contributed by atoms with van der Waals surface area (Å²) in [7, 11) is 1.68. The van der Waals surface area contributed by atoms with Gasteiger partial charge in [-0.3, -0.25) is 4.99 Å². The van der Waals surface area contributed by atoms with Crippen LogP contribution >= 0.6 is 0 Å². The maximum absolute atomic E-state index is 11.9. The van der Waals surface area contributed by atoms with E-state index in [0.717, 1.165) is 26.2 Å². The molecule has 0 aromatic rings. The van der Waals surface area contributed by atoms with E-state index in [1.807, 2.05) is 0 Å². The summed E-state index contributed by atoms with van der Waals surface area (Å²) in [5.41, 5.74) is 0. The molecule has 0 aliphatic carbocycles. The van der Waals surface area contributed by atoms with E-state index in [1.54, 1.807) is 7.05 Å². The molecule has 0 aromatic heterocycles. The number of hydrogen-bond acceptors (Lipinski definition) is 3. The molecule has 1 heterocycles. The van der Waals surface area contributed by atoms with Crippen molar-refractivity contribution in [3.63, 3.8) is 0 Å². The van der Waals surface area contributed by atoms with E-state index >= 15 is 0 Å². The predicted molar refractivity (Wildman–Crippen MR) is 81.1 cm³/mol. The molecule has 1 aliphatic rings. The third-order valence-corrected chi connectivity index (χ3v) is 3.42. The fourth-order valence-electron chi connectivity index (χ4n) is 2.30. The van der Waals surface area contributed by atoms with Crippen LogP contribution in [-0.4, -0.2) is 70.0 Å². The topological polar surface area (TPSA) is 48.9 Å². The minimum atomic E-state index is -4.25. The molecule has 0 radical (unpaired) electrons. The lowest BCUT2D eigenvalue weighted by Crippen LogP contribution is -2.43. The fraction of sp³-hybridized carbons (Fsp3) is 0.929. The van der Waals surface area contributed by atoms with Crippen molar-refractivity contribution in [2.75, 3.05) is 53.0 Å². The van der Waals surface area contributed by atoms with Crippen molar-refractivity contribution in [2.24, 2.45) is 4.99 Å². The van der Waals surface area contributed by atoms with Crippen LogP contribution in [0.25, 0.3) is 0 Å². The molecule has 22 heavy (non-hydrogen) atoms. The monoisotopic (exact) mass is 324 g/mol. The third kappa shape index (κ3) is 9.83. The summed E-state index contributed by atoms with van der Waals surface area (Å²) >= 11 is 0. The van der Waals surface area contributed by atoms with Crippen LogP contribution < -0.4 is 10.6 Å². The number of halogens is 3. The molecule has 1 aliphatic heterocycles. The van der Waals surface area contributed by atoms with E-state index in [0.29, 0.717) is 18.9 Å². The molecule has 0 unspecified atom stereocenters. The molecule has 1 rings (SSSR count). The standard InChI is InChI=1S/C14H27F3N4O/c1-18-13(19-6-5-11-22-12-14(15,16)17)20-7-10-21-8-3-2-4-9-21/h2-12H2,1H3,(H2,18,19,20). The zero-order chi connectivity index (χ0) is 16.3. The number of nitrogens with one attached hydrogen (secondary N) is 2. The molecule has 8 heteroatoms. The molecule has 1 fully saturated rings. The van der Waals surface area contributed by atoms with E-state index in [4.69, 9.17) is 0 Å². The minimum Gasteiger partial charge on any atom is -0.372 e. The second-order valence-electron chi connectivity index (χ2n) is 5.35. The van der Waals surface area contributed by atoms with Gasteiger partial charge in [0, 0.05) is 33.3 Å². The fourth-order valence-corrected chi connectivity index (χ4v) is 2.30. The number of piperidine rings is 1. The number of aliphatic imine (C=N–C) groups is 1. The van der Waals surface area contributed by atoms with Gasteiger partial charge in [-0.15, -0.1) is 0 Å². The van der Waals surface area contributed by atoms with Crippen LogP contribution in [0.4, 0.5) is 13.2 Å². The number of likely N-dealkylation sites (tertiary alicyclic amines) is 1. The number of ether oxygens (including phenoxy) is 1. The maximum atomic E-state index is 11.9. The first-order valence-electron chi connectivity index (χ1n) is 7.82. The van der Waals surface area contributed by atoms with E-state index in [2.05, 4.69) is 25.3 Å². The van der Waals surface area contributed by atoms with Crippen LogP contribution in [0.1, 0.15) is 25.7 Å². The van der Waals surface area contributed by atoms with Crippen LogP contribution in [0.15, 0.2) is 4.99 Å². The predicted octanol–water partition coefficient (Wildman–Crippen LogP) is 1.61. The van der Waals surface area contributed by atoms with E-state index < -0.39 is 12.8 Å². The van der Waals surface area contributed by atoms with Gasteiger partial charge >= 0.3 is 6.18 Å². The highest BCUT2D eigenvalue weighted by atomic mass is 19.4. The zero-order valence-corrected chi connectivity index (χ0v) is 13.2. The second kappa shape index (κ2) is 10.7. The molecular weight excluding hydrogens is 297 g/mol. The van der Waals surface area contributed by atoms with Crippen LogP contribution in [0.3, 0.4) is 0 Å². The highest BCUT2D eigenvalue weighted by molar-refractivity contribution is 5.79. The molecule has 0 amide bonds. The van der Waals surface area contributed by atoms with Crippen molar-refractivity contribution in [3.05, 3.63) is 0 Å². The molecule has 0 saturated carbocycles. The summed E-state index contributed by atoms with van der Waals surface area (Å²) in [4.78, 5) is 6.51. The molecular formula is C14H27F3N4O. The van der Waals surface area contributed by atoms with Crippen LogP contribution in [0, 0.1) is 0 Å². The number of hydrogen-bond donors (Lipinski definition) is 2. The lowest BCUT2D eigenvalue weighted by molar-refractivity contribution is -0.173. The van der Waals surface area contributed by atoms with Crippen molar-refractivity contribution in [1.29, 1.82) is 0 Å². The average Bonchev–Trinajstić information content (AvgIpc) is 2.49. The van der Waals surface area contributed by atoms with Gasteiger partial charge in [0.15, 0.2) is 5.96 Å². The summed E-state index contributed by atoms with van der Waals surface area (Å²) in [5.74, 6) is 0.674. The van der Waals surface area contributed by atoms with Gasteiger partial charge in [0.05, 0.1) is 0 Å². The Bertz CT molecular complexity index is 318. The molecule has 0 spiro atoms. The zero-order valence-electron chi connectivity index (χ0n) is 13.2. The first kappa shape index (κ1) is 19.0. The summed E-state index contributed by atoms with van der Waals surface area (Å²) in [5, 5.41) is 6.27. The Morgan fingerprint density at radius 1 is 1.14 bits per heavy atom. The number of rotatable bonds is 8. The molecule has 1 saturated heterocycles. The van der Waals surface area contributed by atoms with Gasteiger partial charge in [0.1, 0.15) is 6.61 Å². The SMILES string of the molecule is CN=C(NCCCOCC(F)(F)F)NCCN1CCCCC1. The first-order chi connectivity index (χ1) is 10.5. The van der Waals surface area contributed by atoms with Gasteiger partial charge in [-0.25, -0.2) is 0 Å². The highest BCUT2D eigenvalue weighted by Crippen LogP contribution is 2.14. The highest BCUT2D eigenvalue weighted by Gasteiger charge is 2.27. The maximum Gasteiger partial charge on any atom is 0.411 e. The van der Waals surface area contributed by atoms with Crippen molar-refractivity contribution >= 4 is 5.96 Å². The second-order valence-corrected chi connectivity index (χ2v) is 5.35. The van der Waals surface area contributed by atoms with Gasteiger partial charge in [-0.1, -0.05) is 6.42 Å². The largest absolute Gasteiger partial charge is 0.411 e. The molecule has 5 nitrogen and oxygen atoms in total. The Morgan fingerprint density at radius 2 is 1.82 bits per heavy atom. The lowest BCUT2D eigenvalue weighted by atomic mass is 10.1. The minimum absolute atomic E-state index is 0.0806. The van der Waals surface area contributed by atoms with Crippen molar-refractivity contribution < 1.29 is 17.9 Å². The Balaban J connectivity index is 2.00. The summed E-state index contributed by atoms with van der Waals surface area (Å²) < 4.78 is 40.1. The Kier molecular flexibility index (Phi) is 9.22. The third-order valence-electron chi connectivity index (χ3n) is 3.42. The van der Waals surface area contributed by atoms with E-state index in [1.165, 1.54) is 19.3 Å². The van der Waals surface area contributed by atoms with E-state index in [-0.39, 0.29) is 6.61 Å². The summed E-state index contributed by atoms with van der Waals surface area (Å²) in [6, 6.07) is 0. The number of alkyl halides is 3. The van der Waals surface area contributed by atoms with Crippen LogP contribution in [0.2, 0.25) is 0 Å². The molecule has 130 valence electrons. The lowest BCUT2D eigenvalue weighted by Gasteiger charge is -2.26. The summed E-state index contributed by atoms with van der Waals surface area (Å²) in [6.07, 6.45) is 0.113. The van der Waals surface area contributed by atoms with Crippen molar-refractivity contribution in [2.45, 2.75) is 31.9 Å². The van der Waals surface area contributed by atoms with Crippen LogP contribution in [0.5, 0.6) is 0 Å². The van der Waals surface area contributed by atoms with Crippen molar-refractivity contribution in [1.82, 2.24) is 15.5 Å². The Morgan fingerprint density at radius 3 is 2.45 bits per heavy atom. The molecule has 2 N–H and O–H groups in total. The average molecular weight is 324 g/mol. The van der Waals surface area contributed by atoms with Crippen molar-refractivity contribution in [3.8, 4) is 0 Å². The van der Waals surface area contributed by atoms with Gasteiger partial charge in [-0.05, 0) is 32.4 Å². The smallest absolute Gasteiger partial charge is 0.372 e. The van der Waals surface area contributed by atoms with Crippen LogP contribution in [-0.2, 0) is 4.74 Å². The van der Waals surface area contributed by atoms with Gasteiger partial charge in [0.2, 0.25) is 0 Å². The molecule has 0 bridgehead atoms. The number of guanidine groups is 1. The quantitative estimate of drug-likeness (QED) is 0.405. The summed E-state index contributed by atoms with van der Waals surface area (Å²) in [6.45, 7) is 3.53. The molecule has 0 aromatic carbocycles. The van der Waals surface area contributed by atoms with E-state index in [9.17, 15) is 13.2 Å². The Hall–Kier alpha value is -1.02. The van der Waals surface area contributed by atoms with Gasteiger partial charge in [-0.2, -0.15) is 13.2 Å².